The highest BCUT2D eigenvalue weighted by Crippen LogP contribution is 2.26. The molecular weight excluding hydrogens is 348 g/mol. The van der Waals surface area contributed by atoms with Gasteiger partial charge in [0.25, 0.3) is 5.91 Å². The van der Waals surface area contributed by atoms with E-state index in [0.29, 0.717) is 33.8 Å². The summed E-state index contributed by atoms with van der Waals surface area (Å²) in [6, 6.07) is 8.55. The molecule has 2 rings (SSSR count). The molecule has 0 fully saturated rings. The van der Waals surface area contributed by atoms with Crippen molar-refractivity contribution < 1.29 is 24.2 Å². The maximum absolute atomic E-state index is 12.6. The largest absolute Gasteiger partial charge is 0.481 e. The smallest absolute Gasteiger partial charge is 0.341 e. The number of nitrogens with one attached hydrogen (secondary N) is 2. The van der Waals surface area contributed by atoms with E-state index in [-0.39, 0.29) is 11.8 Å². The zero-order valence-electron chi connectivity index (χ0n) is 15.7. The summed E-state index contributed by atoms with van der Waals surface area (Å²) in [6.07, 6.45) is 0. The van der Waals surface area contributed by atoms with Gasteiger partial charge in [0.05, 0.1) is 0 Å². The monoisotopic (exact) mass is 370 g/mol. The molecule has 2 aromatic carbocycles. The Morgan fingerprint density at radius 2 is 1.59 bits per heavy atom. The number of aliphatic carboxylic acids is 1. The van der Waals surface area contributed by atoms with Crippen LogP contribution in [0.25, 0.3) is 0 Å². The number of benzene rings is 2. The van der Waals surface area contributed by atoms with Crippen molar-refractivity contribution in [3.05, 3.63) is 52.6 Å². The van der Waals surface area contributed by atoms with Crippen LogP contribution in [0.2, 0.25) is 0 Å². The van der Waals surface area contributed by atoms with Crippen molar-refractivity contribution in [3.63, 3.8) is 0 Å². The molecule has 0 radical (unpaired) electrons. The van der Waals surface area contributed by atoms with Gasteiger partial charge in [-0.25, -0.2) is 4.79 Å². The molecule has 2 amide bonds. The molecule has 142 valence electrons. The van der Waals surface area contributed by atoms with Crippen LogP contribution in [-0.2, 0) is 9.59 Å². The van der Waals surface area contributed by atoms with Gasteiger partial charge in [-0.1, -0.05) is 6.07 Å². The average Bonchev–Trinajstić information content (AvgIpc) is 2.56. The SMILES string of the molecule is CC(=O)Nc1ccc(C)c(NC(=O)c2cc(C)c(OCC(=O)O)c(C)c2)c1. The highest BCUT2D eigenvalue weighted by Gasteiger charge is 2.14. The van der Waals surface area contributed by atoms with Gasteiger partial charge in [0.2, 0.25) is 5.91 Å². The number of carboxylic acids is 1. The molecule has 0 aliphatic heterocycles. The fraction of sp³-hybridized carbons (Fsp3) is 0.250. The number of carbonyl (C=O) groups is 3. The molecule has 0 aliphatic carbocycles. The molecule has 0 spiro atoms. The number of carboxylic acid groups (broad SMARTS) is 1. The Kier molecular flexibility index (Phi) is 6.18. The van der Waals surface area contributed by atoms with E-state index in [0.717, 1.165) is 5.56 Å². The van der Waals surface area contributed by atoms with Crippen LogP contribution in [0.1, 0.15) is 34.0 Å². The number of hydrogen-bond donors (Lipinski definition) is 3. The van der Waals surface area contributed by atoms with Crippen LogP contribution in [0.15, 0.2) is 30.3 Å². The van der Waals surface area contributed by atoms with Gasteiger partial charge in [-0.3, -0.25) is 9.59 Å². The van der Waals surface area contributed by atoms with Crippen LogP contribution >= 0.6 is 0 Å². The number of amides is 2. The normalized spacial score (nSPS) is 10.2. The molecule has 0 heterocycles. The van der Waals surface area contributed by atoms with Gasteiger partial charge in [-0.15, -0.1) is 0 Å². The van der Waals surface area contributed by atoms with Crippen LogP contribution < -0.4 is 15.4 Å². The summed E-state index contributed by atoms with van der Waals surface area (Å²) in [7, 11) is 0. The average molecular weight is 370 g/mol. The summed E-state index contributed by atoms with van der Waals surface area (Å²) in [5, 5.41) is 14.3. The number of aryl methyl sites for hydroxylation is 3. The van der Waals surface area contributed by atoms with E-state index >= 15 is 0 Å². The second-order valence-corrected chi connectivity index (χ2v) is 6.29. The molecule has 0 atom stereocenters. The fourth-order valence-electron chi connectivity index (χ4n) is 2.68. The van der Waals surface area contributed by atoms with E-state index in [1.165, 1.54) is 6.92 Å². The van der Waals surface area contributed by atoms with Crippen LogP contribution in [-0.4, -0.2) is 29.5 Å². The fourth-order valence-corrected chi connectivity index (χ4v) is 2.68. The minimum atomic E-state index is -1.06. The minimum Gasteiger partial charge on any atom is -0.481 e. The summed E-state index contributed by atoms with van der Waals surface area (Å²) in [6.45, 7) is 6.33. The van der Waals surface area contributed by atoms with E-state index in [1.807, 2.05) is 6.92 Å². The third kappa shape index (κ3) is 5.31. The van der Waals surface area contributed by atoms with Crippen LogP contribution in [0.4, 0.5) is 11.4 Å². The Labute approximate surface area is 157 Å². The molecule has 0 aromatic heterocycles. The number of hydrogen-bond acceptors (Lipinski definition) is 4. The summed E-state index contributed by atoms with van der Waals surface area (Å²) >= 11 is 0. The lowest BCUT2D eigenvalue weighted by Crippen LogP contribution is -2.15. The van der Waals surface area contributed by atoms with Crippen molar-refractivity contribution in [2.75, 3.05) is 17.2 Å². The molecule has 7 nitrogen and oxygen atoms in total. The number of ether oxygens (including phenoxy) is 1. The first-order valence-electron chi connectivity index (χ1n) is 8.33. The third-order valence-electron chi connectivity index (χ3n) is 3.87. The maximum Gasteiger partial charge on any atom is 0.341 e. The summed E-state index contributed by atoms with van der Waals surface area (Å²) in [5.41, 5.74) is 3.81. The molecular formula is C20H22N2O5. The van der Waals surface area contributed by atoms with E-state index in [9.17, 15) is 14.4 Å². The van der Waals surface area contributed by atoms with Gasteiger partial charge in [0.1, 0.15) is 5.75 Å². The lowest BCUT2D eigenvalue weighted by atomic mass is 10.0. The quantitative estimate of drug-likeness (QED) is 0.724. The first-order chi connectivity index (χ1) is 12.7. The van der Waals surface area contributed by atoms with E-state index in [1.54, 1.807) is 44.2 Å². The number of carbonyl (C=O) groups excluding carboxylic acids is 2. The second-order valence-electron chi connectivity index (χ2n) is 6.29. The highest BCUT2D eigenvalue weighted by molar-refractivity contribution is 6.05. The van der Waals surface area contributed by atoms with Crippen molar-refractivity contribution in [1.82, 2.24) is 0 Å². The molecule has 0 saturated heterocycles. The number of rotatable bonds is 6. The Balaban J connectivity index is 2.23. The third-order valence-corrected chi connectivity index (χ3v) is 3.87. The minimum absolute atomic E-state index is 0.195. The molecule has 0 saturated carbocycles. The van der Waals surface area contributed by atoms with Crippen molar-refractivity contribution in [2.45, 2.75) is 27.7 Å². The van der Waals surface area contributed by atoms with Crippen LogP contribution in [0.5, 0.6) is 5.75 Å². The molecule has 27 heavy (non-hydrogen) atoms. The lowest BCUT2D eigenvalue weighted by Gasteiger charge is -2.14. The Bertz CT molecular complexity index is 882. The van der Waals surface area contributed by atoms with Crippen LogP contribution in [0.3, 0.4) is 0 Å². The molecule has 0 unspecified atom stereocenters. The van der Waals surface area contributed by atoms with Gasteiger partial charge in [-0.2, -0.15) is 0 Å². The van der Waals surface area contributed by atoms with E-state index in [2.05, 4.69) is 10.6 Å². The van der Waals surface area contributed by atoms with Gasteiger partial charge in [0.15, 0.2) is 6.61 Å². The lowest BCUT2D eigenvalue weighted by molar-refractivity contribution is -0.139. The van der Waals surface area contributed by atoms with E-state index in [4.69, 9.17) is 9.84 Å². The topological polar surface area (TPSA) is 105 Å². The molecule has 2 aromatic rings. The van der Waals surface area contributed by atoms with Crippen molar-refractivity contribution >= 4 is 29.2 Å². The van der Waals surface area contributed by atoms with Crippen molar-refractivity contribution in [3.8, 4) is 5.75 Å². The van der Waals surface area contributed by atoms with E-state index < -0.39 is 12.6 Å². The predicted octanol–water partition coefficient (Wildman–Crippen LogP) is 3.29. The summed E-state index contributed by atoms with van der Waals surface area (Å²) in [4.78, 5) is 34.5. The summed E-state index contributed by atoms with van der Waals surface area (Å²) < 4.78 is 5.28. The molecule has 0 bridgehead atoms. The molecule has 3 N–H and O–H groups in total. The van der Waals surface area contributed by atoms with Crippen LogP contribution in [0, 0.1) is 20.8 Å². The highest BCUT2D eigenvalue weighted by atomic mass is 16.5. The Morgan fingerprint density at radius 1 is 0.963 bits per heavy atom. The molecule has 0 aliphatic rings. The van der Waals surface area contributed by atoms with Crippen molar-refractivity contribution in [1.29, 1.82) is 0 Å². The number of anilines is 2. The first-order valence-corrected chi connectivity index (χ1v) is 8.33. The van der Waals surface area contributed by atoms with Gasteiger partial charge >= 0.3 is 5.97 Å². The Hall–Kier alpha value is -3.35. The maximum atomic E-state index is 12.6. The summed E-state index contributed by atoms with van der Waals surface area (Å²) in [5.74, 6) is -1.11. The predicted molar refractivity (Wildman–Crippen MR) is 102 cm³/mol. The standard InChI is InChI=1S/C20H22N2O5/c1-11-5-6-16(21-14(4)23)9-17(11)22-20(26)15-7-12(2)19(13(3)8-15)27-10-18(24)25/h5-9H,10H2,1-4H3,(H,21,23)(H,22,26)(H,24,25). The van der Waals surface area contributed by atoms with Crippen molar-refractivity contribution in [2.24, 2.45) is 0 Å². The van der Waals surface area contributed by atoms with Gasteiger partial charge in [-0.05, 0) is 61.7 Å². The van der Waals surface area contributed by atoms with Gasteiger partial charge < -0.3 is 20.5 Å². The zero-order valence-corrected chi connectivity index (χ0v) is 15.7. The van der Waals surface area contributed by atoms with Gasteiger partial charge in [0, 0.05) is 23.9 Å². The Morgan fingerprint density at radius 3 is 2.15 bits per heavy atom. The first kappa shape index (κ1) is 20.0. The second kappa shape index (κ2) is 8.35. The zero-order chi connectivity index (χ0) is 20.1. The molecule has 7 heteroatoms.